The molecule has 2 aromatic carbocycles. The van der Waals surface area contributed by atoms with Gasteiger partial charge in [-0.15, -0.1) is 17.0 Å². The molecule has 0 radical (unpaired) electrons. The van der Waals surface area contributed by atoms with E-state index in [0.717, 1.165) is 23.8 Å². The Morgan fingerprint density at radius 2 is 1.67 bits per heavy atom. The molecule has 0 N–H and O–H groups in total. The topological polar surface area (TPSA) is 3.24 Å². The number of halogens is 1. The third kappa shape index (κ3) is 2.64. The largest absolute Gasteiger partial charge is 0.295 e. The Hall–Kier alpha value is -1.12. The summed E-state index contributed by atoms with van der Waals surface area (Å²) >= 11 is 0. The molecule has 2 aliphatic heterocycles. The van der Waals surface area contributed by atoms with Crippen LogP contribution < -0.4 is 0 Å². The van der Waals surface area contributed by atoms with Crippen molar-refractivity contribution in [2.45, 2.75) is 44.2 Å². The maximum Gasteiger partial charge on any atom is 0.0239 e. The Bertz CT molecular complexity index is 698. The van der Waals surface area contributed by atoms with E-state index < -0.39 is 0 Å². The van der Waals surface area contributed by atoms with Crippen LogP contribution in [0.3, 0.4) is 0 Å². The molecule has 0 spiro atoms. The SMILES string of the molecule is Br.c1ccc(CC2CC[C@H]3CCN4Cc5ccccc5[C@H]2[C@@H]34)cc1. The van der Waals surface area contributed by atoms with Gasteiger partial charge in [0.15, 0.2) is 0 Å². The number of hydrogen-bond donors (Lipinski definition) is 0. The van der Waals surface area contributed by atoms with Gasteiger partial charge in [-0.2, -0.15) is 0 Å². The third-order valence-electron chi connectivity index (χ3n) is 6.60. The Morgan fingerprint density at radius 3 is 2.54 bits per heavy atom. The van der Waals surface area contributed by atoms with Crippen molar-refractivity contribution in [1.82, 2.24) is 4.90 Å². The van der Waals surface area contributed by atoms with Crippen molar-refractivity contribution in [3.63, 3.8) is 0 Å². The van der Waals surface area contributed by atoms with Crippen LogP contribution in [0.1, 0.15) is 41.9 Å². The maximum atomic E-state index is 2.80. The molecular weight excluding hydrogens is 358 g/mol. The number of rotatable bonds is 2. The first-order valence-corrected chi connectivity index (χ1v) is 9.26. The summed E-state index contributed by atoms with van der Waals surface area (Å²) in [5.41, 5.74) is 4.78. The normalized spacial score (nSPS) is 31.0. The summed E-state index contributed by atoms with van der Waals surface area (Å²) in [4.78, 5) is 2.80. The van der Waals surface area contributed by atoms with Gasteiger partial charge in [0.05, 0.1) is 0 Å². The van der Waals surface area contributed by atoms with Gasteiger partial charge in [-0.05, 0) is 60.8 Å². The van der Waals surface area contributed by atoms with E-state index in [-0.39, 0.29) is 17.0 Å². The van der Waals surface area contributed by atoms with Crippen molar-refractivity contribution in [2.24, 2.45) is 11.8 Å². The van der Waals surface area contributed by atoms with Gasteiger partial charge in [-0.1, -0.05) is 54.6 Å². The van der Waals surface area contributed by atoms with Crippen molar-refractivity contribution in [1.29, 1.82) is 0 Å². The molecule has 1 unspecified atom stereocenters. The van der Waals surface area contributed by atoms with Crippen molar-refractivity contribution in [2.75, 3.05) is 6.54 Å². The smallest absolute Gasteiger partial charge is 0.0239 e. The van der Waals surface area contributed by atoms with E-state index in [1.54, 1.807) is 11.1 Å². The van der Waals surface area contributed by atoms with Crippen LogP contribution >= 0.6 is 17.0 Å². The summed E-state index contributed by atoms with van der Waals surface area (Å²) < 4.78 is 0. The Labute approximate surface area is 155 Å². The molecule has 1 saturated heterocycles. The molecule has 2 heterocycles. The molecule has 24 heavy (non-hydrogen) atoms. The van der Waals surface area contributed by atoms with E-state index in [9.17, 15) is 0 Å². The average Bonchev–Trinajstić information content (AvgIpc) is 3.01. The predicted octanol–water partition coefficient (Wildman–Crippen LogP) is 5.20. The van der Waals surface area contributed by atoms with Gasteiger partial charge in [-0.3, -0.25) is 4.90 Å². The van der Waals surface area contributed by atoms with Gasteiger partial charge < -0.3 is 0 Å². The first kappa shape index (κ1) is 16.4. The standard InChI is InChI=1S/C22H25N.BrH/c1-2-6-16(7-3-1)14-18-11-10-17-12-13-23-15-19-8-4-5-9-20(19)21(18)22(17)23;/h1-9,17-18,21-22H,10-15H2;1H/t17-,18?,21-,22+;/m0./s1. The van der Waals surface area contributed by atoms with Gasteiger partial charge in [0, 0.05) is 18.5 Å². The van der Waals surface area contributed by atoms with Crippen LogP contribution in [0.15, 0.2) is 54.6 Å². The van der Waals surface area contributed by atoms with E-state index in [1.807, 2.05) is 0 Å². The molecule has 0 bridgehead atoms. The zero-order chi connectivity index (χ0) is 15.2. The van der Waals surface area contributed by atoms with E-state index in [1.165, 1.54) is 44.3 Å². The monoisotopic (exact) mass is 383 g/mol. The van der Waals surface area contributed by atoms with Crippen LogP contribution in [0.5, 0.6) is 0 Å². The number of hydrogen-bond acceptors (Lipinski definition) is 1. The quantitative estimate of drug-likeness (QED) is 0.688. The molecule has 0 amide bonds. The second-order valence-corrected chi connectivity index (χ2v) is 7.76. The van der Waals surface area contributed by atoms with Crippen LogP contribution in [0.25, 0.3) is 0 Å². The molecule has 0 aromatic heterocycles. The summed E-state index contributed by atoms with van der Waals surface area (Å²) in [5, 5.41) is 0. The fraction of sp³-hybridized carbons (Fsp3) is 0.455. The lowest BCUT2D eigenvalue weighted by Gasteiger charge is -2.48. The first-order valence-electron chi connectivity index (χ1n) is 9.26. The lowest BCUT2D eigenvalue weighted by Crippen LogP contribution is -2.47. The molecule has 2 aromatic rings. The van der Waals surface area contributed by atoms with E-state index in [2.05, 4.69) is 59.5 Å². The maximum absolute atomic E-state index is 2.80. The molecule has 126 valence electrons. The Kier molecular flexibility index (Phi) is 4.53. The molecular formula is C22H26BrN. The molecule has 1 nitrogen and oxygen atoms in total. The fourth-order valence-corrected chi connectivity index (χ4v) is 5.66. The van der Waals surface area contributed by atoms with Gasteiger partial charge in [0.25, 0.3) is 0 Å². The molecule has 4 atom stereocenters. The highest BCUT2D eigenvalue weighted by atomic mass is 79.9. The van der Waals surface area contributed by atoms with E-state index >= 15 is 0 Å². The summed E-state index contributed by atoms with van der Waals surface area (Å²) in [7, 11) is 0. The second-order valence-electron chi connectivity index (χ2n) is 7.76. The highest BCUT2D eigenvalue weighted by Crippen LogP contribution is 2.52. The lowest BCUT2D eigenvalue weighted by molar-refractivity contribution is 0.0964. The summed E-state index contributed by atoms with van der Waals surface area (Å²) in [6.07, 6.45) is 5.52. The minimum Gasteiger partial charge on any atom is -0.295 e. The second kappa shape index (κ2) is 6.65. The highest BCUT2D eigenvalue weighted by Gasteiger charge is 2.48. The van der Waals surface area contributed by atoms with Gasteiger partial charge in [-0.25, -0.2) is 0 Å². The summed E-state index contributed by atoms with van der Waals surface area (Å²) in [5.74, 6) is 2.50. The molecule has 2 heteroatoms. The first-order chi connectivity index (χ1) is 11.4. The Morgan fingerprint density at radius 1 is 0.875 bits per heavy atom. The lowest BCUT2D eigenvalue weighted by atomic mass is 9.64. The van der Waals surface area contributed by atoms with Crippen LogP contribution in [-0.2, 0) is 13.0 Å². The van der Waals surface area contributed by atoms with Crippen molar-refractivity contribution in [3.8, 4) is 0 Å². The third-order valence-corrected chi connectivity index (χ3v) is 6.60. The van der Waals surface area contributed by atoms with E-state index in [4.69, 9.17) is 0 Å². The molecule has 1 saturated carbocycles. The van der Waals surface area contributed by atoms with Crippen LogP contribution in [0.2, 0.25) is 0 Å². The van der Waals surface area contributed by atoms with Crippen LogP contribution in [-0.4, -0.2) is 17.5 Å². The zero-order valence-corrected chi connectivity index (χ0v) is 15.8. The summed E-state index contributed by atoms with van der Waals surface area (Å²) in [6.45, 7) is 2.50. The van der Waals surface area contributed by atoms with Crippen LogP contribution in [0, 0.1) is 11.8 Å². The minimum atomic E-state index is 0. The van der Waals surface area contributed by atoms with Crippen molar-refractivity contribution in [3.05, 3.63) is 71.3 Å². The zero-order valence-electron chi connectivity index (χ0n) is 14.1. The van der Waals surface area contributed by atoms with Crippen LogP contribution in [0.4, 0.5) is 0 Å². The number of fused-ring (bicyclic) bond motifs is 2. The predicted molar refractivity (Wildman–Crippen MR) is 105 cm³/mol. The summed E-state index contributed by atoms with van der Waals surface area (Å²) in [6, 6.07) is 21.2. The minimum absolute atomic E-state index is 0. The molecule has 5 rings (SSSR count). The average molecular weight is 384 g/mol. The molecule has 3 aliphatic rings. The van der Waals surface area contributed by atoms with E-state index in [0.29, 0.717) is 0 Å². The van der Waals surface area contributed by atoms with Crippen molar-refractivity contribution < 1.29 is 0 Å². The molecule has 2 fully saturated rings. The fourth-order valence-electron chi connectivity index (χ4n) is 5.66. The van der Waals surface area contributed by atoms with Gasteiger partial charge in [0.1, 0.15) is 0 Å². The van der Waals surface area contributed by atoms with Crippen molar-refractivity contribution >= 4 is 17.0 Å². The number of nitrogens with zero attached hydrogens (tertiary/aromatic N) is 1. The highest BCUT2D eigenvalue weighted by molar-refractivity contribution is 8.93. The van der Waals surface area contributed by atoms with Gasteiger partial charge >= 0.3 is 0 Å². The number of benzene rings is 2. The van der Waals surface area contributed by atoms with Gasteiger partial charge in [0.2, 0.25) is 0 Å². The Balaban J connectivity index is 0.00000146. The molecule has 1 aliphatic carbocycles.